The minimum absolute atomic E-state index is 0.342. The van der Waals surface area contributed by atoms with Crippen LogP contribution in [-0.4, -0.2) is 40.7 Å². The molecule has 132 valence electrons. The predicted molar refractivity (Wildman–Crippen MR) is 97.9 cm³/mol. The van der Waals surface area contributed by atoms with Crippen molar-refractivity contribution in [2.75, 3.05) is 19.6 Å². The number of benzene rings is 1. The fourth-order valence-corrected chi connectivity index (χ4v) is 4.29. The Balaban J connectivity index is 1.24. The van der Waals surface area contributed by atoms with Crippen LogP contribution in [0.5, 0.6) is 11.5 Å². The second-order valence-electron chi connectivity index (χ2n) is 7.54. The average molecular weight is 338 g/mol. The summed E-state index contributed by atoms with van der Waals surface area (Å²) < 4.78 is 6.14. The Kier molecular flexibility index (Phi) is 4.62. The molecule has 1 aromatic carbocycles. The molecule has 2 heterocycles. The van der Waals surface area contributed by atoms with Gasteiger partial charge in [0.1, 0.15) is 11.5 Å². The van der Waals surface area contributed by atoms with Gasteiger partial charge in [0.05, 0.1) is 12.3 Å². The van der Waals surface area contributed by atoms with Crippen molar-refractivity contribution in [3.05, 3.63) is 53.9 Å². The highest BCUT2D eigenvalue weighted by atomic mass is 16.5. The number of aromatic nitrogens is 1. The van der Waals surface area contributed by atoms with Crippen LogP contribution in [0.25, 0.3) is 0 Å². The van der Waals surface area contributed by atoms with E-state index in [2.05, 4.69) is 9.88 Å². The highest BCUT2D eigenvalue weighted by Gasteiger charge is 2.41. The first-order valence-electron chi connectivity index (χ1n) is 9.25. The van der Waals surface area contributed by atoms with E-state index in [0.29, 0.717) is 11.9 Å². The van der Waals surface area contributed by atoms with Gasteiger partial charge in [-0.25, -0.2) is 0 Å². The first-order valence-corrected chi connectivity index (χ1v) is 9.25. The van der Waals surface area contributed by atoms with Crippen LogP contribution in [0.1, 0.15) is 24.1 Å². The fourth-order valence-electron chi connectivity index (χ4n) is 4.29. The van der Waals surface area contributed by atoms with Crippen LogP contribution in [0.3, 0.4) is 0 Å². The number of rotatable bonds is 5. The van der Waals surface area contributed by atoms with Gasteiger partial charge in [-0.3, -0.25) is 4.98 Å². The van der Waals surface area contributed by atoms with Crippen LogP contribution in [0, 0.1) is 18.8 Å². The second-order valence-corrected chi connectivity index (χ2v) is 7.54. The monoisotopic (exact) mass is 338 g/mol. The maximum Gasteiger partial charge on any atom is 0.138 e. The van der Waals surface area contributed by atoms with E-state index in [1.165, 1.54) is 18.7 Å². The van der Waals surface area contributed by atoms with Crippen LogP contribution in [-0.2, 0) is 6.42 Å². The molecule has 2 aliphatic rings. The van der Waals surface area contributed by atoms with Gasteiger partial charge in [-0.2, -0.15) is 0 Å². The quantitative estimate of drug-likeness (QED) is 0.907. The van der Waals surface area contributed by atoms with E-state index in [0.717, 1.165) is 49.1 Å². The molecule has 1 saturated carbocycles. The Hall–Kier alpha value is -2.07. The third-order valence-corrected chi connectivity index (χ3v) is 5.62. The predicted octanol–water partition coefficient (Wildman–Crippen LogP) is 3.43. The molecular weight excluding hydrogens is 312 g/mol. The van der Waals surface area contributed by atoms with Gasteiger partial charge >= 0.3 is 0 Å². The lowest BCUT2D eigenvalue weighted by atomic mass is 10.0. The number of hydrogen-bond donors (Lipinski definition) is 1. The maximum absolute atomic E-state index is 9.36. The minimum Gasteiger partial charge on any atom is -0.508 e. The Bertz CT molecular complexity index is 685. The number of ether oxygens (including phenoxy) is 1. The van der Waals surface area contributed by atoms with Crippen LogP contribution in [0.15, 0.2) is 42.6 Å². The van der Waals surface area contributed by atoms with Gasteiger partial charge < -0.3 is 14.7 Å². The van der Waals surface area contributed by atoms with E-state index < -0.39 is 0 Å². The van der Waals surface area contributed by atoms with Crippen LogP contribution >= 0.6 is 0 Å². The standard InChI is InChI=1S/C21H26N2O2/c1-15-2-7-20(12-22-15)25-21-10-17-13-23(14-18(17)11-21)9-8-16-3-5-19(24)6-4-16/h2-7,12,17-18,21,24H,8-11,13-14H2,1H3/t17-,18+,21+. The number of nitrogens with zero attached hydrogens (tertiary/aromatic N) is 2. The molecule has 4 nitrogen and oxygen atoms in total. The molecule has 3 atom stereocenters. The number of phenols is 1. The zero-order chi connectivity index (χ0) is 17.2. The number of phenolic OH excluding ortho intramolecular Hbond substituents is 1. The van der Waals surface area contributed by atoms with Gasteiger partial charge in [-0.05, 0) is 67.9 Å². The lowest BCUT2D eigenvalue weighted by Gasteiger charge is -2.19. The number of aromatic hydroxyl groups is 1. The van der Waals surface area contributed by atoms with Crippen molar-refractivity contribution < 1.29 is 9.84 Å². The molecular formula is C21H26N2O2. The van der Waals surface area contributed by atoms with Gasteiger partial charge in [-0.1, -0.05) is 12.1 Å². The van der Waals surface area contributed by atoms with E-state index >= 15 is 0 Å². The molecule has 0 spiro atoms. The summed E-state index contributed by atoms with van der Waals surface area (Å²) in [4.78, 5) is 6.90. The van der Waals surface area contributed by atoms with Gasteiger partial charge in [0, 0.05) is 25.3 Å². The second kappa shape index (κ2) is 7.04. The highest BCUT2D eigenvalue weighted by Crippen LogP contribution is 2.39. The molecule has 1 N–H and O–H groups in total. The zero-order valence-corrected chi connectivity index (χ0v) is 14.8. The van der Waals surface area contributed by atoms with E-state index in [1.807, 2.05) is 37.4 Å². The van der Waals surface area contributed by atoms with E-state index in [9.17, 15) is 5.11 Å². The molecule has 1 aromatic heterocycles. The van der Waals surface area contributed by atoms with Crippen molar-refractivity contribution in [1.82, 2.24) is 9.88 Å². The first-order chi connectivity index (χ1) is 12.2. The maximum atomic E-state index is 9.36. The normalized spacial score (nSPS) is 25.9. The van der Waals surface area contributed by atoms with Crippen molar-refractivity contribution in [3.63, 3.8) is 0 Å². The molecule has 0 unspecified atom stereocenters. The van der Waals surface area contributed by atoms with Crippen LogP contribution < -0.4 is 4.74 Å². The molecule has 1 aliphatic carbocycles. The van der Waals surface area contributed by atoms with E-state index in [4.69, 9.17) is 4.74 Å². The average Bonchev–Trinajstić information content (AvgIpc) is 3.14. The number of hydrogen-bond acceptors (Lipinski definition) is 4. The van der Waals surface area contributed by atoms with E-state index in [1.54, 1.807) is 12.1 Å². The van der Waals surface area contributed by atoms with Crippen molar-refractivity contribution in [2.45, 2.75) is 32.3 Å². The summed E-state index contributed by atoms with van der Waals surface area (Å²) in [5.74, 6) is 2.78. The summed E-state index contributed by atoms with van der Waals surface area (Å²) in [5, 5.41) is 9.36. The Labute approximate surface area is 149 Å². The molecule has 2 fully saturated rings. The molecule has 2 aromatic rings. The summed E-state index contributed by atoms with van der Waals surface area (Å²) >= 11 is 0. The van der Waals surface area contributed by atoms with E-state index in [-0.39, 0.29) is 0 Å². The Morgan fingerprint density at radius 2 is 1.80 bits per heavy atom. The summed E-state index contributed by atoms with van der Waals surface area (Å²) in [6, 6.07) is 11.6. The van der Waals surface area contributed by atoms with Gasteiger partial charge in [0.15, 0.2) is 0 Å². The lowest BCUT2D eigenvalue weighted by molar-refractivity contribution is 0.185. The topological polar surface area (TPSA) is 45.6 Å². The molecule has 25 heavy (non-hydrogen) atoms. The summed E-state index contributed by atoms with van der Waals surface area (Å²) in [7, 11) is 0. The van der Waals surface area contributed by atoms with Gasteiger partial charge in [0.25, 0.3) is 0 Å². The summed E-state index contributed by atoms with van der Waals surface area (Å²) in [6.45, 7) is 5.48. The van der Waals surface area contributed by atoms with Crippen molar-refractivity contribution in [2.24, 2.45) is 11.8 Å². The third-order valence-electron chi connectivity index (χ3n) is 5.62. The lowest BCUT2D eigenvalue weighted by Crippen LogP contribution is -2.26. The van der Waals surface area contributed by atoms with Crippen LogP contribution in [0.2, 0.25) is 0 Å². The molecule has 1 aliphatic heterocycles. The molecule has 0 radical (unpaired) electrons. The summed E-state index contributed by atoms with van der Waals surface area (Å²) in [6.07, 6.45) is 5.56. The van der Waals surface area contributed by atoms with Gasteiger partial charge in [-0.15, -0.1) is 0 Å². The molecule has 1 saturated heterocycles. The third kappa shape index (κ3) is 3.96. The molecule has 0 bridgehead atoms. The zero-order valence-electron chi connectivity index (χ0n) is 14.8. The number of fused-ring (bicyclic) bond motifs is 1. The number of pyridine rings is 1. The minimum atomic E-state index is 0.342. The Morgan fingerprint density at radius 1 is 1.08 bits per heavy atom. The fraction of sp³-hybridized carbons (Fsp3) is 0.476. The van der Waals surface area contributed by atoms with Crippen LogP contribution in [0.4, 0.5) is 0 Å². The molecule has 4 heteroatoms. The molecule has 4 rings (SSSR count). The number of likely N-dealkylation sites (tertiary alicyclic amines) is 1. The largest absolute Gasteiger partial charge is 0.508 e. The van der Waals surface area contributed by atoms with Crippen molar-refractivity contribution in [1.29, 1.82) is 0 Å². The SMILES string of the molecule is Cc1ccc(O[C@H]2C[C@@H]3CN(CCc4ccc(O)cc4)C[C@@H]3C2)cn1. The summed E-state index contributed by atoms with van der Waals surface area (Å²) in [5.41, 5.74) is 2.32. The highest BCUT2D eigenvalue weighted by molar-refractivity contribution is 5.26. The first kappa shape index (κ1) is 16.4. The smallest absolute Gasteiger partial charge is 0.138 e. The number of aryl methyl sites for hydroxylation is 1. The Morgan fingerprint density at radius 3 is 2.44 bits per heavy atom. The molecule has 0 amide bonds. The van der Waals surface area contributed by atoms with Gasteiger partial charge in [0.2, 0.25) is 0 Å². The van der Waals surface area contributed by atoms with Crippen molar-refractivity contribution >= 4 is 0 Å². The van der Waals surface area contributed by atoms with Crippen molar-refractivity contribution in [3.8, 4) is 11.5 Å².